The van der Waals surface area contributed by atoms with Crippen LogP contribution in [0.25, 0.3) is 10.8 Å². The Bertz CT molecular complexity index is 674. The van der Waals surface area contributed by atoms with Gasteiger partial charge in [-0.05, 0) is 25.5 Å². The van der Waals surface area contributed by atoms with Crippen LogP contribution in [0.5, 0.6) is 0 Å². The van der Waals surface area contributed by atoms with E-state index >= 15 is 0 Å². The summed E-state index contributed by atoms with van der Waals surface area (Å²) in [4.78, 5) is 2.35. The third-order valence-electron chi connectivity index (χ3n) is 4.25. The standard InChI is InChI=1S/C17H18N2O/c1-12-8-13(11-20)10-19(12)17-7-6-14(9-18)15-4-2-3-5-16(15)17/h2-7,12-13,20H,8,10-11H2,1H3/t12-,13+/m0/s1. The first kappa shape index (κ1) is 13.0. The highest BCUT2D eigenvalue weighted by atomic mass is 16.3. The Balaban J connectivity index is 2.12. The first-order valence-corrected chi connectivity index (χ1v) is 7.04. The van der Waals surface area contributed by atoms with Crippen molar-refractivity contribution < 1.29 is 5.11 Å². The highest BCUT2D eigenvalue weighted by Gasteiger charge is 2.29. The molecule has 3 nitrogen and oxygen atoms in total. The van der Waals surface area contributed by atoms with Gasteiger partial charge in [-0.3, -0.25) is 0 Å². The van der Waals surface area contributed by atoms with E-state index in [-0.39, 0.29) is 6.61 Å². The van der Waals surface area contributed by atoms with Crippen molar-refractivity contribution in [3.8, 4) is 6.07 Å². The summed E-state index contributed by atoms with van der Waals surface area (Å²) in [5, 5.41) is 20.7. The molecule has 0 radical (unpaired) electrons. The lowest BCUT2D eigenvalue weighted by atomic mass is 10.0. The average Bonchev–Trinajstić information content (AvgIpc) is 2.87. The van der Waals surface area contributed by atoms with E-state index in [0.717, 1.165) is 29.3 Å². The Hall–Kier alpha value is -2.05. The number of rotatable bonds is 2. The maximum Gasteiger partial charge on any atom is 0.0998 e. The zero-order valence-electron chi connectivity index (χ0n) is 11.6. The number of nitriles is 1. The van der Waals surface area contributed by atoms with Crippen molar-refractivity contribution in [2.24, 2.45) is 5.92 Å². The van der Waals surface area contributed by atoms with Crippen molar-refractivity contribution >= 4 is 16.5 Å². The molecule has 1 aliphatic heterocycles. The van der Waals surface area contributed by atoms with Crippen LogP contribution in [0.4, 0.5) is 5.69 Å². The summed E-state index contributed by atoms with van der Waals surface area (Å²) in [5.74, 6) is 0.347. The first-order valence-electron chi connectivity index (χ1n) is 7.04. The van der Waals surface area contributed by atoms with Crippen LogP contribution in [0.1, 0.15) is 18.9 Å². The van der Waals surface area contributed by atoms with Gasteiger partial charge in [0, 0.05) is 41.6 Å². The van der Waals surface area contributed by atoms with Gasteiger partial charge in [-0.25, -0.2) is 0 Å². The molecule has 3 rings (SSSR count). The van der Waals surface area contributed by atoms with E-state index in [1.807, 2.05) is 30.3 Å². The normalized spacial score (nSPS) is 22.1. The summed E-state index contributed by atoms with van der Waals surface area (Å²) in [6, 6.07) is 14.7. The van der Waals surface area contributed by atoms with E-state index in [2.05, 4.69) is 24.0 Å². The Morgan fingerprint density at radius 2 is 2.00 bits per heavy atom. The van der Waals surface area contributed by atoms with Crippen LogP contribution < -0.4 is 4.90 Å². The smallest absolute Gasteiger partial charge is 0.0998 e. The fourth-order valence-corrected chi connectivity index (χ4v) is 3.24. The van der Waals surface area contributed by atoms with Crippen molar-refractivity contribution in [1.82, 2.24) is 0 Å². The van der Waals surface area contributed by atoms with Crippen molar-refractivity contribution in [3.63, 3.8) is 0 Å². The van der Waals surface area contributed by atoms with E-state index in [1.165, 1.54) is 5.69 Å². The second-order valence-corrected chi connectivity index (χ2v) is 5.58. The molecular formula is C17H18N2O. The Labute approximate surface area is 119 Å². The fraction of sp³-hybridized carbons (Fsp3) is 0.353. The molecule has 20 heavy (non-hydrogen) atoms. The lowest BCUT2D eigenvalue weighted by molar-refractivity contribution is 0.236. The average molecular weight is 266 g/mol. The molecular weight excluding hydrogens is 248 g/mol. The molecule has 0 saturated carbocycles. The van der Waals surface area contributed by atoms with E-state index < -0.39 is 0 Å². The van der Waals surface area contributed by atoms with E-state index in [0.29, 0.717) is 12.0 Å². The molecule has 1 N–H and O–H groups in total. The Morgan fingerprint density at radius 1 is 1.25 bits per heavy atom. The molecule has 2 aromatic rings. The zero-order chi connectivity index (χ0) is 14.1. The van der Waals surface area contributed by atoms with Gasteiger partial charge in [-0.2, -0.15) is 5.26 Å². The second kappa shape index (κ2) is 5.15. The molecule has 1 fully saturated rings. The van der Waals surface area contributed by atoms with Crippen molar-refractivity contribution in [1.29, 1.82) is 5.26 Å². The monoisotopic (exact) mass is 266 g/mol. The van der Waals surface area contributed by atoms with Crippen LogP contribution in [0.2, 0.25) is 0 Å². The fourth-order valence-electron chi connectivity index (χ4n) is 3.24. The van der Waals surface area contributed by atoms with Gasteiger partial charge < -0.3 is 10.0 Å². The number of benzene rings is 2. The third kappa shape index (κ3) is 2.03. The van der Waals surface area contributed by atoms with Crippen LogP contribution in [0.3, 0.4) is 0 Å². The summed E-state index contributed by atoms with van der Waals surface area (Å²) in [5.41, 5.74) is 1.89. The minimum atomic E-state index is 0.245. The second-order valence-electron chi connectivity index (χ2n) is 5.58. The number of anilines is 1. The lowest BCUT2D eigenvalue weighted by Crippen LogP contribution is -2.27. The molecule has 1 aliphatic rings. The summed E-state index contributed by atoms with van der Waals surface area (Å²) < 4.78 is 0. The van der Waals surface area contributed by atoms with Crippen LogP contribution >= 0.6 is 0 Å². The van der Waals surface area contributed by atoms with E-state index in [1.54, 1.807) is 0 Å². The predicted octanol–water partition coefficient (Wildman–Crippen LogP) is 2.92. The molecule has 0 aromatic heterocycles. The quantitative estimate of drug-likeness (QED) is 0.909. The summed E-state index contributed by atoms with van der Waals surface area (Å²) in [6.07, 6.45) is 1.02. The van der Waals surface area contributed by atoms with Gasteiger partial charge in [0.2, 0.25) is 0 Å². The summed E-state index contributed by atoms with van der Waals surface area (Å²) in [7, 11) is 0. The van der Waals surface area contributed by atoms with Gasteiger partial charge in [-0.1, -0.05) is 24.3 Å². The molecule has 3 heteroatoms. The summed E-state index contributed by atoms with van der Waals surface area (Å²) in [6.45, 7) is 3.32. The lowest BCUT2D eigenvalue weighted by Gasteiger charge is -2.25. The largest absolute Gasteiger partial charge is 0.396 e. The maximum atomic E-state index is 9.37. The Kier molecular flexibility index (Phi) is 3.33. The topological polar surface area (TPSA) is 47.3 Å². The first-order chi connectivity index (χ1) is 9.74. The number of nitrogens with zero attached hydrogens (tertiary/aromatic N) is 2. The van der Waals surface area contributed by atoms with Gasteiger partial charge in [0.1, 0.15) is 0 Å². The molecule has 1 heterocycles. The number of aliphatic hydroxyl groups excluding tert-OH is 1. The van der Waals surface area contributed by atoms with Crippen LogP contribution in [-0.4, -0.2) is 24.3 Å². The van der Waals surface area contributed by atoms with Gasteiger partial charge in [0.25, 0.3) is 0 Å². The predicted molar refractivity (Wildman–Crippen MR) is 80.7 cm³/mol. The molecule has 2 atom stereocenters. The number of aliphatic hydroxyl groups is 1. The Morgan fingerprint density at radius 3 is 2.65 bits per heavy atom. The van der Waals surface area contributed by atoms with Crippen LogP contribution in [0, 0.1) is 17.2 Å². The minimum absolute atomic E-state index is 0.245. The van der Waals surface area contributed by atoms with Crippen molar-refractivity contribution in [2.75, 3.05) is 18.1 Å². The van der Waals surface area contributed by atoms with Gasteiger partial charge >= 0.3 is 0 Å². The molecule has 0 spiro atoms. The van der Waals surface area contributed by atoms with E-state index in [4.69, 9.17) is 0 Å². The maximum absolute atomic E-state index is 9.37. The van der Waals surface area contributed by atoms with Gasteiger partial charge in [0.15, 0.2) is 0 Å². The summed E-state index contributed by atoms with van der Waals surface area (Å²) >= 11 is 0. The van der Waals surface area contributed by atoms with Crippen molar-refractivity contribution in [2.45, 2.75) is 19.4 Å². The number of hydrogen-bond donors (Lipinski definition) is 1. The molecule has 102 valence electrons. The van der Waals surface area contributed by atoms with E-state index in [9.17, 15) is 10.4 Å². The minimum Gasteiger partial charge on any atom is -0.396 e. The molecule has 0 unspecified atom stereocenters. The molecule has 1 saturated heterocycles. The molecule has 0 amide bonds. The van der Waals surface area contributed by atoms with Gasteiger partial charge in [-0.15, -0.1) is 0 Å². The molecule has 2 aromatic carbocycles. The van der Waals surface area contributed by atoms with Crippen LogP contribution in [-0.2, 0) is 0 Å². The van der Waals surface area contributed by atoms with Gasteiger partial charge in [0.05, 0.1) is 11.6 Å². The van der Waals surface area contributed by atoms with Crippen molar-refractivity contribution in [3.05, 3.63) is 42.0 Å². The zero-order valence-corrected chi connectivity index (χ0v) is 11.6. The number of fused-ring (bicyclic) bond motifs is 1. The highest BCUT2D eigenvalue weighted by Crippen LogP contribution is 2.35. The third-order valence-corrected chi connectivity index (χ3v) is 4.25. The van der Waals surface area contributed by atoms with Crippen LogP contribution in [0.15, 0.2) is 36.4 Å². The highest BCUT2D eigenvalue weighted by molar-refractivity contribution is 5.98. The molecule has 0 aliphatic carbocycles. The molecule has 0 bridgehead atoms. The number of hydrogen-bond acceptors (Lipinski definition) is 3. The SMILES string of the molecule is C[C@H]1C[C@@H](CO)CN1c1ccc(C#N)c2ccccc12.